The van der Waals surface area contributed by atoms with Crippen LogP contribution in [0.1, 0.15) is 21.7 Å². The van der Waals surface area contributed by atoms with Gasteiger partial charge in [-0.15, -0.1) is 10.2 Å². The van der Waals surface area contributed by atoms with Crippen LogP contribution in [-0.2, 0) is 6.42 Å². The lowest BCUT2D eigenvalue weighted by atomic mass is 10.1. The molecule has 0 saturated heterocycles. The van der Waals surface area contributed by atoms with Crippen LogP contribution >= 0.6 is 0 Å². The van der Waals surface area contributed by atoms with E-state index in [0.29, 0.717) is 17.6 Å². The minimum atomic E-state index is 0.598. The quantitative estimate of drug-likeness (QED) is 0.680. The number of carbonyl (C=O) groups is 1. The topological polar surface area (TPSA) is 56.5 Å². The van der Waals surface area contributed by atoms with Crippen LogP contribution in [0.5, 0.6) is 5.75 Å². The van der Waals surface area contributed by atoms with Crippen LogP contribution in [-0.4, -0.2) is 28.0 Å². The molecule has 0 aliphatic carbocycles. The Morgan fingerprint density at radius 2 is 2.00 bits per heavy atom. The van der Waals surface area contributed by atoms with Crippen LogP contribution in [0.25, 0.3) is 5.65 Å². The molecule has 0 aliphatic heterocycles. The van der Waals surface area contributed by atoms with Crippen molar-refractivity contribution in [3.8, 4) is 5.75 Å². The molecule has 0 bridgehead atoms. The zero-order valence-corrected chi connectivity index (χ0v) is 11.0. The van der Waals surface area contributed by atoms with E-state index < -0.39 is 0 Å². The molecule has 2 aromatic heterocycles. The molecule has 3 aromatic rings. The van der Waals surface area contributed by atoms with E-state index in [1.165, 1.54) is 0 Å². The largest absolute Gasteiger partial charge is 0.497 e. The number of hydrogen-bond donors (Lipinski definition) is 0. The van der Waals surface area contributed by atoms with Crippen molar-refractivity contribution in [1.29, 1.82) is 0 Å². The molecule has 5 heteroatoms. The van der Waals surface area contributed by atoms with Gasteiger partial charge in [0, 0.05) is 18.2 Å². The summed E-state index contributed by atoms with van der Waals surface area (Å²) in [4.78, 5) is 10.7. The van der Waals surface area contributed by atoms with Gasteiger partial charge in [0.2, 0.25) is 0 Å². The molecule has 0 amide bonds. The van der Waals surface area contributed by atoms with Crippen molar-refractivity contribution in [2.75, 3.05) is 7.11 Å². The highest BCUT2D eigenvalue weighted by atomic mass is 16.5. The smallest absolute Gasteiger partial charge is 0.161 e. The lowest BCUT2D eigenvalue weighted by molar-refractivity contribution is 0.112. The molecular formula is C15H13N3O2. The van der Waals surface area contributed by atoms with Gasteiger partial charge in [0.25, 0.3) is 0 Å². The Labute approximate surface area is 115 Å². The molecule has 0 aliphatic rings. The van der Waals surface area contributed by atoms with E-state index in [2.05, 4.69) is 10.2 Å². The number of ether oxygens (including phenoxy) is 1. The Kier molecular flexibility index (Phi) is 3.16. The predicted molar refractivity (Wildman–Crippen MR) is 74.2 cm³/mol. The second kappa shape index (κ2) is 5.13. The standard InChI is InChI=1S/C15H13N3O2/c1-20-13-4-2-11(3-5-13)8-14-16-17-15-9-12(10-19)6-7-18(14)15/h2-7,9-10H,8H2,1H3. The number of benzene rings is 1. The summed E-state index contributed by atoms with van der Waals surface area (Å²) in [6.07, 6.45) is 3.29. The maximum absolute atomic E-state index is 10.7. The van der Waals surface area contributed by atoms with Crippen molar-refractivity contribution >= 4 is 11.9 Å². The number of pyridine rings is 1. The van der Waals surface area contributed by atoms with Gasteiger partial charge in [-0.2, -0.15) is 0 Å². The minimum Gasteiger partial charge on any atom is -0.497 e. The molecule has 1 aromatic carbocycles. The van der Waals surface area contributed by atoms with Gasteiger partial charge in [-0.1, -0.05) is 12.1 Å². The summed E-state index contributed by atoms with van der Waals surface area (Å²) in [5.41, 5.74) is 2.40. The van der Waals surface area contributed by atoms with E-state index in [-0.39, 0.29) is 0 Å². The molecule has 5 nitrogen and oxygen atoms in total. The molecule has 0 spiro atoms. The van der Waals surface area contributed by atoms with Gasteiger partial charge in [-0.3, -0.25) is 9.20 Å². The van der Waals surface area contributed by atoms with Gasteiger partial charge < -0.3 is 4.74 Å². The number of hydrogen-bond acceptors (Lipinski definition) is 4. The van der Waals surface area contributed by atoms with Gasteiger partial charge >= 0.3 is 0 Å². The first kappa shape index (κ1) is 12.3. The van der Waals surface area contributed by atoms with Gasteiger partial charge in [0.1, 0.15) is 17.9 Å². The predicted octanol–water partition coefficient (Wildman–Crippen LogP) is 2.14. The summed E-state index contributed by atoms with van der Waals surface area (Å²) < 4.78 is 7.02. The van der Waals surface area contributed by atoms with E-state index in [1.807, 2.05) is 34.9 Å². The lowest BCUT2D eigenvalue weighted by Crippen LogP contribution is -1.97. The zero-order valence-electron chi connectivity index (χ0n) is 11.0. The number of fused-ring (bicyclic) bond motifs is 1. The SMILES string of the molecule is COc1ccc(Cc2nnc3cc(C=O)ccn23)cc1. The third kappa shape index (κ3) is 2.25. The molecule has 0 atom stereocenters. The fourth-order valence-electron chi connectivity index (χ4n) is 2.08. The van der Waals surface area contributed by atoms with Crippen LogP contribution < -0.4 is 4.74 Å². The fraction of sp³-hybridized carbons (Fsp3) is 0.133. The van der Waals surface area contributed by atoms with Crippen LogP contribution in [0.15, 0.2) is 42.6 Å². The highest BCUT2D eigenvalue weighted by Crippen LogP contribution is 2.15. The molecule has 3 rings (SSSR count). The van der Waals surface area contributed by atoms with Gasteiger partial charge in [0.15, 0.2) is 5.65 Å². The molecule has 100 valence electrons. The summed E-state index contributed by atoms with van der Waals surface area (Å²) in [6.45, 7) is 0. The van der Waals surface area contributed by atoms with Crippen LogP contribution in [0.4, 0.5) is 0 Å². The van der Waals surface area contributed by atoms with Crippen molar-refractivity contribution in [2.24, 2.45) is 0 Å². The molecule has 0 N–H and O–H groups in total. The molecular weight excluding hydrogens is 254 g/mol. The van der Waals surface area contributed by atoms with Crippen LogP contribution in [0.2, 0.25) is 0 Å². The highest BCUT2D eigenvalue weighted by Gasteiger charge is 2.07. The third-order valence-corrected chi connectivity index (χ3v) is 3.16. The molecule has 2 heterocycles. The van der Waals surface area contributed by atoms with E-state index in [4.69, 9.17) is 4.74 Å². The summed E-state index contributed by atoms with van der Waals surface area (Å²) in [5.74, 6) is 1.66. The second-order valence-electron chi connectivity index (χ2n) is 4.45. The first-order chi connectivity index (χ1) is 9.80. The maximum Gasteiger partial charge on any atom is 0.161 e. The normalized spacial score (nSPS) is 10.7. The van der Waals surface area contributed by atoms with Gasteiger partial charge in [-0.25, -0.2) is 0 Å². The number of nitrogens with zero attached hydrogens (tertiary/aromatic N) is 3. The summed E-state index contributed by atoms with van der Waals surface area (Å²) >= 11 is 0. The van der Waals surface area contributed by atoms with Crippen molar-refractivity contribution < 1.29 is 9.53 Å². The number of carbonyl (C=O) groups excluding carboxylic acids is 1. The third-order valence-electron chi connectivity index (χ3n) is 3.16. The summed E-state index contributed by atoms with van der Waals surface area (Å²) in [5, 5.41) is 8.26. The van der Waals surface area contributed by atoms with Crippen LogP contribution in [0.3, 0.4) is 0 Å². The first-order valence-corrected chi connectivity index (χ1v) is 6.22. The Morgan fingerprint density at radius 1 is 1.20 bits per heavy atom. The average molecular weight is 267 g/mol. The van der Waals surface area contributed by atoms with E-state index in [9.17, 15) is 4.79 Å². The first-order valence-electron chi connectivity index (χ1n) is 6.22. The number of aromatic nitrogens is 3. The highest BCUT2D eigenvalue weighted by molar-refractivity contribution is 5.76. The Hall–Kier alpha value is -2.69. The van der Waals surface area contributed by atoms with Crippen molar-refractivity contribution in [1.82, 2.24) is 14.6 Å². The van der Waals surface area contributed by atoms with Gasteiger partial charge in [-0.05, 0) is 29.8 Å². The van der Waals surface area contributed by atoms with Crippen molar-refractivity contribution in [3.63, 3.8) is 0 Å². The second-order valence-corrected chi connectivity index (χ2v) is 4.45. The van der Waals surface area contributed by atoms with E-state index in [1.54, 1.807) is 19.2 Å². The fourth-order valence-corrected chi connectivity index (χ4v) is 2.08. The van der Waals surface area contributed by atoms with Crippen LogP contribution in [0, 0.1) is 0 Å². The van der Waals surface area contributed by atoms with Gasteiger partial charge in [0.05, 0.1) is 7.11 Å². The minimum absolute atomic E-state index is 0.598. The molecule has 20 heavy (non-hydrogen) atoms. The Morgan fingerprint density at radius 3 is 2.70 bits per heavy atom. The van der Waals surface area contributed by atoms with Crippen molar-refractivity contribution in [2.45, 2.75) is 6.42 Å². The van der Waals surface area contributed by atoms with E-state index >= 15 is 0 Å². The summed E-state index contributed by atoms with van der Waals surface area (Å²) in [6, 6.07) is 11.3. The molecule has 0 fully saturated rings. The maximum atomic E-state index is 10.7. The van der Waals surface area contributed by atoms with Crippen molar-refractivity contribution in [3.05, 3.63) is 59.5 Å². The summed E-state index contributed by atoms with van der Waals surface area (Å²) in [7, 11) is 1.64. The molecule has 0 unspecified atom stereocenters. The lowest BCUT2D eigenvalue weighted by Gasteiger charge is -2.03. The monoisotopic (exact) mass is 267 g/mol. The average Bonchev–Trinajstić information content (AvgIpc) is 2.90. The van der Waals surface area contributed by atoms with E-state index in [0.717, 1.165) is 23.4 Å². The number of aldehydes is 1. The Balaban J connectivity index is 1.91. The molecule has 0 radical (unpaired) electrons. The number of rotatable bonds is 4. The number of methoxy groups -OCH3 is 1. The zero-order chi connectivity index (χ0) is 13.9. The Bertz CT molecular complexity index is 747. The molecule has 0 saturated carbocycles.